The minimum atomic E-state index is -0.578. The smallest absolute Gasteiger partial charge is 0.0991 e. The molecular weight excluding hydrogens is 741 g/mol. The monoisotopic (exact) mass is 778 g/mol. The highest BCUT2D eigenvalue weighted by atomic mass is 15.1. The first-order valence-electron chi connectivity index (χ1n) is 20.6. The van der Waals surface area contributed by atoms with Gasteiger partial charge in [0.15, 0.2) is 0 Å². The summed E-state index contributed by atoms with van der Waals surface area (Å²) in [5, 5.41) is 21.6. The SMILES string of the molecule is Cc1ccc(N(c2ccc(C#N)cc2)c2ccc3c(c2)C2(c4ccccc4-c4ccccc42)c2cc4cc(N(c5ccc(C)cc5)c5ccc(C#N)cc5)ccc4cc2-3)cc1. The van der Waals surface area contributed by atoms with Crippen LogP contribution in [0.1, 0.15) is 44.5 Å². The second kappa shape index (κ2) is 14.0. The lowest BCUT2D eigenvalue weighted by atomic mass is 9.70. The maximum absolute atomic E-state index is 9.67. The normalized spacial score (nSPS) is 12.5. The van der Waals surface area contributed by atoms with E-state index < -0.39 is 5.41 Å². The van der Waals surface area contributed by atoms with Crippen LogP contribution in [0, 0.1) is 36.5 Å². The van der Waals surface area contributed by atoms with E-state index in [0.29, 0.717) is 11.1 Å². The fraction of sp³-hybridized carbons (Fsp3) is 0.0526. The van der Waals surface area contributed by atoms with Gasteiger partial charge in [-0.05, 0) is 178 Å². The van der Waals surface area contributed by atoms with Crippen LogP contribution in [0.25, 0.3) is 33.0 Å². The minimum Gasteiger partial charge on any atom is -0.310 e. The van der Waals surface area contributed by atoms with Crippen molar-refractivity contribution >= 4 is 44.9 Å². The van der Waals surface area contributed by atoms with Gasteiger partial charge in [-0.2, -0.15) is 10.5 Å². The Morgan fingerprint density at radius 2 is 0.754 bits per heavy atom. The van der Waals surface area contributed by atoms with E-state index in [-0.39, 0.29) is 0 Å². The lowest BCUT2D eigenvalue weighted by Crippen LogP contribution is -2.26. The summed E-state index contributed by atoms with van der Waals surface area (Å²) in [6.07, 6.45) is 0. The van der Waals surface area contributed by atoms with E-state index in [0.717, 1.165) is 44.9 Å². The van der Waals surface area contributed by atoms with Crippen molar-refractivity contribution < 1.29 is 0 Å². The lowest BCUT2D eigenvalue weighted by Gasteiger charge is -2.32. The number of nitriles is 2. The molecule has 0 unspecified atom stereocenters. The van der Waals surface area contributed by atoms with E-state index in [1.54, 1.807) is 0 Å². The van der Waals surface area contributed by atoms with Gasteiger partial charge in [-0.25, -0.2) is 0 Å². The largest absolute Gasteiger partial charge is 0.310 e. The summed E-state index contributed by atoms with van der Waals surface area (Å²) in [6, 6.07) is 74.0. The summed E-state index contributed by atoms with van der Waals surface area (Å²) in [4.78, 5) is 4.57. The zero-order chi connectivity index (χ0) is 41.2. The molecule has 2 aliphatic carbocycles. The number of fused-ring (bicyclic) bond motifs is 11. The van der Waals surface area contributed by atoms with Gasteiger partial charge in [0.05, 0.1) is 28.7 Å². The standard InChI is InChI=1S/C57H38N4/c1-37-11-20-43(21-12-37)60(45-24-15-39(35-58)16-25-45)47-28-19-41-32-52-51-30-29-48(61(44-22-13-38(2)14-23-44)46-26-17-40(36-59)18-27-46)34-56(51)57(55(52)33-42(41)31-47)53-9-5-3-7-49(53)50-8-4-6-10-54(50)57/h3-34H,1-2H3. The molecule has 0 amide bonds. The number of benzene rings is 9. The van der Waals surface area contributed by atoms with Crippen molar-refractivity contribution in [2.75, 3.05) is 9.80 Å². The maximum Gasteiger partial charge on any atom is 0.0991 e. The van der Waals surface area contributed by atoms with Crippen molar-refractivity contribution in [3.8, 4) is 34.4 Å². The van der Waals surface area contributed by atoms with Crippen molar-refractivity contribution in [2.45, 2.75) is 19.3 Å². The van der Waals surface area contributed by atoms with Gasteiger partial charge in [0, 0.05) is 34.1 Å². The molecule has 0 saturated heterocycles. The third kappa shape index (κ3) is 5.58. The van der Waals surface area contributed by atoms with Gasteiger partial charge in [0.25, 0.3) is 0 Å². The average Bonchev–Trinajstić information content (AvgIpc) is 3.76. The van der Waals surface area contributed by atoms with Gasteiger partial charge in [-0.1, -0.05) is 96.1 Å². The summed E-state index contributed by atoms with van der Waals surface area (Å²) in [5.74, 6) is 0. The Hall–Kier alpha value is -8.18. The molecule has 9 aromatic rings. The van der Waals surface area contributed by atoms with Gasteiger partial charge in [0.2, 0.25) is 0 Å². The second-order valence-corrected chi connectivity index (χ2v) is 16.2. The first kappa shape index (κ1) is 35.9. The number of rotatable bonds is 6. The summed E-state index contributed by atoms with van der Waals surface area (Å²) in [5.41, 5.74) is 19.3. The zero-order valence-corrected chi connectivity index (χ0v) is 33.8. The van der Waals surface area contributed by atoms with Crippen LogP contribution in [0.5, 0.6) is 0 Å². The average molecular weight is 779 g/mol. The highest BCUT2D eigenvalue weighted by molar-refractivity contribution is 6.02. The van der Waals surface area contributed by atoms with Gasteiger partial charge in [-0.15, -0.1) is 0 Å². The zero-order valence-electron chi connectivity index (χ0n) is 33.8. The van der Waals surface area contributed by atoms with E-state index in [1.807, 2.05) is 48.5 Å². The lowest BCUT2D eigenvalue weighted by molar-refractivity contribution is 0.795. The van der Waals surface area contributed by atoms with E-state index >= 15 is 0 Å². The van der Waals surface area contributed by atoms with Crippen LogP contribution in [0.15, 0.2) is 194 Å². The summed E-state index contributed by atoms with van der Waals surface area (Å²) >= 11 is 0. The fourth-order valence-electron chi connectivity index (χ4n) is 9.79. The molecule has 0 bridgehead atoms. The van der Waals surface area contributed by atoms with Crippen molar-refractivity contribution in [1.29, 1.82) is 10.5 Å². The summed E-state index contributed by atoms with van der Waals surface area (Å²) in [7, 11) is 0. The summed E-state index contributed by atoms with van der Waals surface area (Å²) in [6.45, 7) is 4.22. The predicted molar refractivity (Wildman–Crippen MR) is 249 cm³/mol. The molecule has 0 N–H and O–H groups in total. The van der Waals surface area contributed by atoms with E-state index in [4.69, 9.17) is 0 Å². The molecule has 1 spiro atoms. The van der Waals surface area contributed by atoms with Crippen LogP contribution in [-0.2, 0) is 5.41 Å². The van der Waals surface area contributed by atoms with Crippen molar-refractivity contribution in [3.63, 3.8) is 0 Å². The third-order valence-electron chi connectivity index (χ3n) is 12.6. The Kier molecular flexibility index (Phi) is 8.24. The van der Waals surface area contributed by atoms with Crippen molar-refractivity contribution in [2.24, 2.45) is 0 Å². The van der Waals surface area contributed by atoms with Crippen LogP contribution in [0.3, 0.4) is 0 Å². The molecule has 0 heterocycles. The van der Waals surface area contributed by atoms with Gasteiger partial charge >= 0.3 is 0 Å². The van der Waals surface area contributed by atoms with E-state index in [2.05, 4.69) is 181 Å². The Balaban J connectivity index is 1.15. The van der Waals surface area contributed by atoms with Gasteiger partial charge < -0.3 is 9.80 Å². The molecule has 0 radical (unpaired) electrons. The second-order valence-electron chi connectivity index (χ2n) is 16.2. The number of aryl methyl sites for hydroxylation is 2. The molecule has 61 heavy (non-hydrogen) atoms. The van der Waals surface area contributed by atoms with Gasteiger partial charge in [-0.3, -0.25) is 0 Å². The Morgan fingerprint density at radius 3 is 1.26 bits per heavy atom. The molecule has 11 rings (SSSR count). The van der Waals surface area contributed by atoms with Crippen LogP contribution in [-0.4, -0.2) is 0 Å². The third-order valence-corrected chi connectivity index (χ3v) is 12.6. The molecule has 0 saturated carbocycles. The van der Waals surface area contributed by atoms with Crippen molar-refractivity contribution in [3.05, 3.63) is 239 Å². The van der Waals surface area contributed by atoms with Crippen LogP contribution in [0.2, 0.25) is 0 Å². The molecule has 0 aliphatic heterocycles. The first-order valence-corrected chi connectivity index (χ1v) is 20.6. The maximum atomic E-state index is 9.67. The molecule has 4 nitrogen and oxygen atoms in total. The van der Waals surface area contributed by atoms with Crippen LogP contribution < -0.4 is 9.80 Å². The Morgan fingerprint density at radius 1 is 0.344 bits per heavy atom. The Bertz CT molecular complexity index is 3230. The number of anilines is 6. The Labute approximate surface area is 356 Å². The molecular formula is C57H38N4. The molecule has 9 aromatic carbocycles. The molecule has 0 aromatic heterocycles. The fourth-order valence-corrected chi connectivity index (χ4v) is 9.79. The summed E-state index contributed by atoms with van der Waals surface area (Å²) < 4.78 is 0. The van der Waals surface area contributed by atoms with E-state index in [1.165, 1.54) is 55.6 Å². The number of hydrogen-bond acceptors (Lipinski definition) is 4. The topological polar surface area (TPSA) is 54.1 Å². The quantitative estimate of drug-likeness (QED) is 0.169. The molecule has 286 valence electrons. The molecule has 2 aliphatic rings. The number of hydrogen-bond donors (Lipinski definition) is 0. The molecule has 0 fully saturated rings. The molecule has 0 atom stereocenters. The molecule has 4 heteroatoms. The number of nitrogens with zero attached hydrogens (tertiary/aromatic N) is 4. The predicted octanol–water partition coefficient (Wildman–Crippen LogP) is 14.5. The highest BCUT2D eigenvalue weighted by Crippen LogP contribution is 2.64. The highest BCUT2D eigenvalue weighted by Gasteiger charge is 2.52. The van der Waals surface area contributed by atoms with Crippen molar-refractivity contribution in [1.82, 2.24) is 0 Å². The van der Waals surface area contributed by atoms with E-state index in [9.17, 15) is 10.5 Å². The van der Waals surface area contributed by atoms with Crippen LogP contribution in [0.4, 0.5) is 34.1 Å². The van der Waals surface area contributed by atoms with Crippen LogP contribution >= 0.6 is 0 Å². The minimum absolute atomic E-state index is 0.578. The first-order chi connectivity index (χ1) is 29.9. The van der Waals surface area contributed by atoms with Gasteiger partial charge in [0.1, 0.15) is 0 Å².